The minimum absolute atomic E-state index is 0.0199. The van der Waals surface area contributed by atoms with Crippen LogP contribution in [0.1, 0.15) is 55.6 Å². The van der Waals surface area contributed by atoms with Crippen LogP contribution in [0.2, 0.25) is 0 Å². The Kier molecular flexibility index (Phi) is 5.47. The van der Waals surface area contributed by atoms with E-state index in [-0.39, 0.29) is 17.3 Å². The van der Waals surface area contributed by atoms with Crippen LogP contribution in [0.15, 0.2) is 36.5 Å². The number of likely N-dealkylation sites (tertiary alicyclic amines) is 1. The van der Waals surface area contributed by atoms with Crippen molar-refractivity contribution in [3.05, 3.63) is 53.5 Å². The Labute approximate surface area is 182 Å². The second-order valence-electron chi connectivity index (χ2n) is 9.13. The van der Waals surface area contributed by atoms with Crippen molar-refractivity contribution in [1.82, 2.24) is 14.7 Å². The molecule has 2 aromatic carbocycles. The predicted octanol–water partition coefficient (Wildman–Crippen LogP) is 4.91. The molecule has 7 heteroatoms. The van der Waals surface area contributed by atoms with E-state index in [4.69, 9.17) is 4.74 Å². The molecule has 2 heterocycles. The van der Waals surface area contributed by atoms with Crippen molar-refractivity contribution in [1.29, 1.82) is 0 Å². The van der Waals surface area contributed by atoms with Gasteiger partial charge in [-0.25, -0.2) is 4.39 Å². The van der Waals surface area contributed by atoms with Crippen LogP contribution in [-0.2, 0) is 7.05 Å². The first-order chi connectivity index (χ1) is 14.7. The number of methoxy groups -OCH3 is 1. The van der Waals surface area contributed by atoms with E-state index in [2.05, 4.69) is 36.1 Å². The lowest BCUT2D eigenvalue weighted by Crippen LogP contribution is -2.40. The molecule has 0 spiro atoms. The van der Waals surface area contributed by atoms with Crippen molar-refractivity contribution in [2.75, 3.05) is 19.0 Å². The summed E-state index contributed by atoms with van der Waals surface area (Å²) in [6.45, 7) is 7.55. The van der Waals surface area contributed by atoms with E-state index >= 15 is 0 Å². The zero-order chi connectivity index (χ0) is 22.3. The molecule has 4 rings (SSSR count). The molecule has 0 saturated carbocycles. The molecule has 31 heavy (non-hydrogen) atoms. The van der Waals surface area contributed by atoms with E-state index in [0.29, 0.717) is 11.3 Å². The Balaban J connectivity index is 1.59. The summed E-state index contributed by atoms with van der Waals surface area (Å²) in [6, 6.07) is 8.72. The highest BCUT2D eigenvalue weighted by Gasteiger charge is 2.34. The van der Waals surface area contributed by atoms with Crippen molar-refractivity contribution < 1.29 is 13.9 Å². The molecule has 1 unspecified atom stereocenters. The number of carbonyl (C=O) groups is 1. The summed E-state index contributed by atoms with van der Waals surface area (Å²) in [5.74, 6) is -0.466. The average Bonchev–Trinajstić information content (AvgIpc) is 3.33. The lowest BCUT2D eigenvalue weighted by atomic mass is 9.99. The highest BCUT2D eigenvalue weighted by atomic mass is 19.1. The molecule has 1 saturated heterocycles. The molecule has 1 aliphatic heterocycles. The van der Waals surface area contributed by atoms with Gasteiger partial charge in [-0.05, 0) is 63.9 Å². The van der Waals surface area contributed by atoms with Crippen molar-refractivity contribution >= 4 is 22.5 Å². The summed E-state index contributed by atoms with van der Waals surface area (Å²) in [5.41, 5.74) is 2.18. The van der Waals surface area contributed by atoms with Gasteiger partial charge in [0.05, 0.1) is 23.9 Å². The van der Waals surface area contributed by atoms with Gasteiger partial charge in [0, 0.05) is 36.3 Å². The number of hydrogen-bond donors (Lipinski definition) is 1. The van der Waals surface area contributed by atoms with Crippen LogP contribution in [0.3, 0.4) is 0 Å². The van der Waals surface area contributed by atoms with Gasteiger partial charge >= 0.3 is 0 Å². The van der Waals surface area contributed by atoms with Crippen LogP contribution in [0.25, 0.3) is 10.9 Å². The van der Waals surface area contributed by atoms with Gasteiger partial charge in [0.1, 0.15) is 11.6 Å². The summed E-state index contributed by atoms with van der Waals surface area (Å²) in [7, 11) is 3.31. The molecular formula is C24H29FN4O2. The molecule has 1 N–H and O–H groups in total. The number of amides is 1. The van der Waals surface area contributed by atoms with Gasteiger partial charge in [0.2, 0.25) is 0 Å². The number of ether oxygens (including phenoxy) is 1. The van der Waals surface area contributed by atoms with Gasteiger partial charge in [-0.3, -0.25) is 14.4 Å². The quantitative estimate of drug-likeness (QED) is 0.647. The maximum atomic E-state index is 15.0. The van der Waals surface area contributed by atoms with Gasteiger partial charge < -0.3 is 10.1 Å². The molecule has 0 radical (unpaired) electrons. The Morgan fingerprint density at radius 2 is 2.03 bits per heavy atom. The molecular weight excluding hydrogens is 395 g/mol. The van der Waals surface area contributed by atoms with E-state index in [9.17, 15) is 9.18 Å². The third-order valence-corrected chi connectivity index (χ3v) is 5.93. The predicted molar refractivity (Wildman–Crippen MR) is 120 cm³/mol. The fraction of sp³-hybridized carbons (Fsp3) is 0.417. The molecule has 0 bridgehead atoms. The number of aryl methyl sites for hydroxylation is 1. The van der Waals surface area contributed by atoms with Crippen molar-refractivity contribution in [2.45, 2.75) is 45.2 Å². The molecule has 1 fully saturated rings. The number of halogens is 1. The van der Waals surface area contributed by atoms with Crippen LogP contribution in [0.4, 0.5) is 10.1 Å². The first-order valence-electron chi connectivity index (χ1n) is 10.6. The van der Waals surface area contributed by atoms with Crippen LogP contribution >= 0.6 is 0 Å². The fourth-order valence-corrected chi connectivity index (χ4v) is 4.47. The number of carbonyl (C=O) groups excluding carboxylic acids is 1. The maximum absolute atomic E-state index is 15.0. The van der Waals surface area contributed by atoms with E-state index in [1.54, 1.807) is 28.9 Å². The van der Waals surface area contributed by atoms with Crippen LogP contribution in [0.5, 0.6) is 5.75 Å². The molecule has 1 amide bonds. The maximum Gasteiger partial charge on any atom is 0.259 e. The molecule has 3 aromatic rings. The lowest BCUT2D eigenvalue weighted by Gasteiger charge is -2.37. The monoisotopic (exact) mass is 424 g/mol. The standard InChI is InChI=1S/C24H29FN4O2/c1-24(2,3)29-10-6-7-21(29)15-8-9-19(18(25)12-15)26-23(30)17-11-16-14-28(4)27-20(16)13-22(17)31-5/h8-9,11-14,21H,6-7,10H2,1-5H3,(H,26,30). The van der Waals surface area contributed by atoms with E-state index in [1.165, 1.54) is 7.11 Å². The van der Waals surface area contributed by atoms with Gasteiger partial charge in [0.15, 0.2) is 0 Å². The van der Waals surface area contributed by atoms with Gasteiger partial charge in [-0.15, -0.1) is 0 Å². The van der Waals surface area contributed by atoms with Crippen LogP contribution < -0.4 is 10.1 Å². The number of benzene rings is 2. The van der Waals surface area contributed by atoms with Gasteiger partial charge in [-0.2, -0.15) is 5.10 Å². The summed E-state index contributed by atoms with van der Waals surface area (Å²) in [5, 5.41) is 7.84. The molecule has 164 valence electrons. The molecule has 0 aliphatic carbocycles. The van der Waals surface area contributed by atoms with Crippen LogP contribution in [0, 0.1) is 5.82 Å². The summed E-state index contributed by atoms with van der Waals surface area (Å²) in [6.07, 6.45) is 3.92. The number of fused-ring (bicyclic) bond motifs is 1. The van der Waals surface area contributed by atoms with Crippen molar-refractivity contribution in [2.24, 2.45) is 7.05 Å². The third kappa shape index (κ3) is 4.14. The Bertz CT molecular complexity index is 1130. The molecule has 1 atom stereocenters. The highest BCUT2D eigenvalue weighted by molar-refractivity contribution is 6.08. The second kappa shape index (κ2) is 7.96. The SMILES string of the molecule is COc1cc2nn(C)cc2cc1C(=O)Nc1ccc(C2CCCN2C(C)(C)C)cc1F. The minimum atomic E-state index is -0.437. The number of aromatic nitrogens is 2. The van der Waals surface area contributed by atoms with Gasteiger partial charge in [-0.1, -0.05) is 6.07 Å². The summed E-state index contributed by atoms with van der Waals surface area (Å²) >= 11 is 0. The van der Waals surface area contributed by atoms with Crippen molar-refractivity contribution in [3.8, 4) is 5.75 Å². The van der Waals surface area contributed by atoms with Crippen molar-refractivity contribution in [3.63, 3.8) is 0 Å². The minimum Gasteiger partial charge on any atom is -0.496 e. The molecule has 1 aromatic heterocycles. The largest absolute Gasteiger partial charge is 0.496 e. The Morgan fingerprint density at radius 1 is 1.26 bits per heavy atom. The molecule has 6 nitrogen and oxygen atoms in total. The normalized spacial score (nSPS) is 17.3. The zero-order valence-electron chi connectivity index (χ0n) is 18.7. The topological polar surface area (TPSA) is 59.4 Å². The number of anilines is 1. The second-order valence-corrected chi connectivity index (χ2v) is 9.13. The van der Waals surface area contributed by atoms with Crippen LogP contribution in [-0.4, -0.2) is 39.8 Å². The Morgan fingerprint density at radius 3 is 2.71 bits per heavy atom. The van der Waals surface area contributed by atoms with E-state index in [0.717, 1.165) is 35.9 Å². The lowest BCUT2D eigenvalue weighted by molar-refractivity contribution is 0.102. The molecule has 1 aliphatic rings. The number of nitrogens with zero attached hydrogens (tertiary/aromatic N) is 3. The Hall–Kier alpha value is -2.93. The summed E-state index contributed by atoms with van der Waals surface area (Å²) in [4.78, 5) is 15.3. The van der Waals surface area contributed by atoms with E-state index in [1.807, 2.05) is 19.3 Å². The first kappa shape index (κ1) is 21.3. The van der Waals surface area contributed by atoms with Gasteiger partial charge in [0.25, 0.3) is 5.91 Å². The smallest absolute Gasteiger partial charge is 0.259 e. The number of hydrogen-bond acceptors (Lipinski definition) is 4. The number of nitrogens with one attached hydrogen (secondary N) is 1. The highest BCUT2D eigenvalue weighted by Crippen LogP contribution is 2.38. The first-order valence-corrected chi connectivity index (χ1v) is 10.6. The average molecular weight is 425 g/mol. The third-order valence-electron chi connectivity index (χ3n) is 5.93. The summed E-state index contributed by atoms with van der Waals surface area (Å²) < 4.78 is 22.0. The zero-order valence-corrected chi connectivity index (χ0v) is 18.7. The fourth-order valence-electron chi connectivity index (χ4n) is 4.47. The van der Waals surface area contributed by atoms with E-state index < -0.39 is 11.7 Å². The number of rotatable bonds is 4.